The molecule has 0 aromatic heterocycles. The van der Waals surface area contributed by atoms with Crippen molar-refractivity contribution in [2.24, 2.45) is 0 Å². The number of ether oxygens (including phenoxy) is 4. The van der Waals surface area contributed by atoms with Crippen LogP contribution in [0.25, 0.3) is 0 Å². The molecule has 2 N–H and O–H groups in total. The van der Waals surface area contributed by atoms with Crippen molar-refractivity contribution in [2.45, 2.75) is 25.9 Å². The van der Waals surface area contributed by atoms with Gasteiger partial charge in [-0.15, -0.1) is 0 Å². The normalized spacial score (nSPS) is 16.7. The molecule has 0 spiro atoms. The predicted octanol–water partition coefficient (Wildman–Crippen LogP) is 3.78. The molecule has 1 aliphatic heterocycles. The molecule has 1 aromatic carbocycles. The van der Waals surface area contributed by atoms with Gasteiger partial charge in [-0.25, -0.2) is 9.59 Å². The van der Waals surface area contributed by atoms with Gasteiger partial charge in [0.2, 0.25) is 0 Å². The summed E-state index contributed by atoms with van der Waals surface area (Å²) in [6, 6.07) is 4.62. The average molecular weight is 431 g/mol. The number of rotatable bonds is 5. The highest BCUT2D eigenvalue weighted by Crippen LogP contribution is 2.44. The van der Waals surface area contributed by atoms with E-state index in [-0.39, 0.29) is 35.1 Å². The van der Waals surface area contributed by atoms with Crippen LogP contribution in [0.4, 0.5) is 22.8 Å². The predicted molar refractivity (Wildman–Crippen MR) is 95.7 cm³/mol. The maximum Gasteiger partial charge on any atom is 0.513 e. The van der Waals surface area contributed by atoms with E-state index in [4.69, 9.17) is 14.6 Å². The molecule has 0 amide bonds. The van der Waals surface area contributed by atoms with E-state index in [0.717, 1.165) is 13.2 Å². The number of halogens is 3. The van der Waals surface area contributed by atoms with E-state index < -0.39 is 36.6 Å². The zero-order valence-corrected chi connectivity index (χ0v) is 16.3. The topological polar surface area (TPSA) is 103 Å². The second-order valence-corrected chi connectivity index (χ2v) is 6.10. The highest BCUT2D eigenvalue weighted by atomic mass is 19.4. The van der Waals surface area contributed by atoms with Crippen LogP contribution in [0.2, 0.25) is 0 Å². The number of nitrogens with one attached hydrogen (secondary N) is 1. The second kappa shape index (κ2) is 9.53. The van der Waals surface area contributed by atoms with Gasteiger partial charge in [0, 0.05) is 0 Å². The number of benzene rings is 1. The summed E-state index contributed by atoms with van der Waals surface area (Å²) in [4.78, 5) is 23.7. The number of aliphatic hydroxyl groups is 1. The van der Waals surface area contributed by atoms with Crippen LogP contribution in [0.3, 0.4) is 0 Å². The summed E-state index contributed by atoms with van der Waals surface area (Å²) in [6.45, 7) is 2.10. The lowest BCUT2D eigenvalue weighted by atomic mass is 9.87. The van der Waals surface area contributed by atoms with E-state index in [1.165, 1.54) is 32.0 Å². The third-order valence-electron chi connectivity index (χ3n) is 4.08. The molecule has 1 aliphatic rings. The van der Waals surface area contributed by atoms with Crippen molar-refractivity contribution in [1.29, 1.82) is 0 Å². The van der Waals surface area contributed by atoms with Gasteiger partial charge in [0.1, 0.15) is 24.0 Å². The highest BCUT2D eigenvalue weighted by molar-refractivity contribution is 5.65. The number of carbonyl (C=O) groups is 2. The Labute approximate surface area is 169 Å². The van der Waals surface area contributed by atoms with E-state index >= 15 is 0 Å². The van der Waals surface area contributed by atoms with Crippen LogP contribution < -0.4 is 5.32 Å². The Morgan fingerprint density at radius 3 is 2.17 bits per heavy atom. The lowest BCUT2D eigenvalue weighted by Crippen LogP contribution is -2.30. The smallest absolute Gasteiger partial charge is 0.437 e. The fraction of sp³-hybridized carbons (Fsp3) is 0.368. The van der Waals surface area contributed by atoms with Crippen LogP contribution in [0.15, 0.2) is 47.2 Å². The van der Waals surface area contributed by atoms with Crippen molar-refractivity contribution in [3.05, 3.63) is 58.3 Å². The van der Waals surface area contributed by atoms with Gasteiger partial charge in [-0.3, -0.25) is 0 Å². The molecular formula is C19H20F3NO7. The van der Waals surface area contributed by atoms with Gasteiger partial charge in [-0.05, 0) is 25.5 Å². The zero-order valence-electron chi connectivity index (χ0n) is 16.3. The van der Waals surface area contributed by atoms with E-state index in [2.05, 4.69) is 14.8 Å². The summed E-state index contributed by atoms with van der Waals surface area (Å²) < 4.78 is 60.4. The minimum atomic E-state index is -4.73. The van der Waals surface area contributed by atoms with Gasteiger partial charge < -0.3 is 29.4 Å². The maximum atomic E-state index is 13.7. The maximum absolute atomic E-state index is 13.7. The van der Waals surface area contributed by atoms with Gasteiger partial charge in [-0.2, -0.15) is 13.2 Å². The molecule has 1 heterocycles. The number of aliphatic hydroxyl groups excluding tert-OH is 1. The van der Waals surface area contributed by atoms with Crippen molar-refractivity contribution in [1.82, 2.24) is 5.32 Å². The highest BCUT2D eigenvalue weighted by Gasteiger charge is 2.41. The van der Waals surface area contributed by atoms with E-state index in [1.54, 1.807) is 0 Å². The van der Waals surface area contributed by atoms with Crippen LogP contribution in [-0.4, -0.2) is 37.7 Å². The summed E-state index contributed by atoms with van der Waals surface area (Å²) in [5.41, 5.74) is -0.897. The van der Waals surface area contributed by atoms with Crippen LogP contribution in [0.5, 0.6) is 0 Å². The monoisotopic (exact) mass is 431 g/mol. The van der Waals surface area contributed by atoms with Gasteiger partial charge in [-0.1, -0.05) is 18.2 Å². The fourth-order valence-electron chi connectivity index (χ4n) is 2.90. The Hall–Kier alpha value is -3.21. The van der Waals surface area contributed by atoms with Gasteiger partial charge in [0.25, 0.3) is 0 Å². The summed E-state index contributed by atoms with van der Waals surface area (Å²) in [7, 11) is 1.04. The van der Waals surface area contributed by atoms with Crippen molar-refractivity contribution in [3.8, 4) is 0 Å². The number of dihydropyridines is 1. The van der Waals surface area contributed by atoms with Crippen molar-refractivity contribution >= 4 is 12.3 Å². The van der Waals surface area contributed by atoms with Crippen LogP contribution >= 0.6 is 0 Å². The molecule has 0 saturated carbocycles. The van der Waals surface area contributed by atoms with Crippen molar-refractivity contribution in [2.75, 3.05) is 20.3 Å². The largest absolute Gasteiger partial charge is 0.513 e. The van der Waals surface area contributed by atoms with Crippen molar-refractivity contribution in [3.63, 3.8) is 0 Å². The molecule has 0 fully saturated rings. The van der Waals surface area contributed by atoms with Gasteiger partial charge >= 0.3 is 18.5 Å². The molecule has 2 rings (SSSR count). The quantitative estimate of drug-likeness (QED) is 0.679. The molecule has 11 heteroatoms. The molecule has 164 valence electrons. The number of allylic oxidation sites excluding steroid dienone is 2. The molecular weight excluding hydrogens is 411 g/mol. The number of hydrogen-bond donors (Lipinski definition) is 2. The molecule has 8 nitrogen and oxygen atoms in total. The second-order valence-electron chi connectivity index (χ2n) is 6.10. The Morgan fingerprint density at radius 1 is 1.07 bits per heavy atom. The Morgan fingerprint density at radius 2 is 1.63 bits per heavy atom. The van der Waals surface area contributed by atoms with E-state index in [9.17, 15) is 22.8 Å². The lowest BCUT2D eigenvalue weighted by molar-refractivity contribution is -0.138. The minimum absolute atomic E-state index is 0.202. The molecule has 0 aliphatic carbocycles. The van der Waals surface area contributed by atoms with Gasteiger partial charge in [0.05, 0.1) is 30.7 Å². The molecule has 0 saturated heterocycles. The molecule has 1 unspecified atom stereocenters. The Kier molecular flexibility index (Phi) is 7.33. The summed E-state index contributed by atoms with van der Waals surface area (Å²) in [6.07, 6.45) is -7.14. The van der Waals surface area contributed by atoms with Crippen LogP contribution in [0, 0.1) is 0 Å². The van der Waals surface area contributed by atoms with Gasteiger partial charge in [0.15, 0.2) is 0 Å². The standard InChI is InChI=1S/C19H20F3NO7/c1-10-15(29-17(25)27-3)14(12-6-4-5-7-13(12)19(20,21)22)16(11(2)23-10)30-18(26)28-9-8-24/h4-7,14,23-24H,8-9H2,1-3H3. The molecule has 0 radical (unpaired) electrons. The molecule has 1 aromatic rings. The first-order valence-corrected chi connectivity index (χ1v) is 8.66. The molecule has 1 atom stereocenters. The van der Waals surface area contributed by atoms with Crippen LogP contribution in [0.1, 0.15) is 30.9 Å². The SMILES string of the molecule is COC(=O)OC1=C(C)NC(C)=C(OC(=O)OCCO)C1c1ccccc1C(F)(F)F. The first kappa shape index (κ1) is 23.1. The van der Waals surface area contributed by atoms with Crippen molar-refractivity contribution < 1.29 is 46.8 Å². The fourth-order valence-corrected chi connectivity index (χ4v) is 2.90. The first-order chi connectivity index (χ1) is 14.1. The first-order valence-electron chi connectivity index (χ1n) is 8.66. The number of alkyl halides is 3. The third kappa shape index (κ3) is 5.23. The van der Waals surface area contributed by atoms with E-state index in [1.807, 2.05) is 0 Å². The lowest BCUT2D eigenvalue weighted by Gasteiger charge is -2.31. The summed E-state index contributed by atoms with van der Waals surface area (Å²) >= 11 is 0. The molecule has 30 heavy (non-hydrogen) atoms. The summed E-state index contributed by atoms with van der Waals surface area (Å²) in [5, 5.41) is 11.6. The minimum Gasteiger partial charge on any atom is -0.437 e. The number of hydrogen-bond acceptors (Lipinski definition) is 8. The number of carbonyl (C=O) groups excluding carboxylic acids is 2. The third-order valence-corrected chi connectivity index (χ3v) is 4.08. The summed E-state index contributed by atoms with van der Waals surface area (Å²) in [5.74, 6) is -1.92. The molecule has 0 bridgehead atoms. The van der Waals surface area contributed by atoms with E-state index in [0.29, 0.717) is 0 Å². The van der Waals surface area contributed by atoms with Crippen LogP contribution in [-0.2, 0) is 25.1 Å². The number of methoxy groups -OCH3 is 1. The zero-order chi connectivity index (χ0) is 22.5. The Bertz CT molecular complexity index is 877. The average Bonchev–Trinajstić information content (AvgIpc) is 2.69. The Balaban J connectivity index is 2.62.